The van der Waals surface area contributed by atoms with Crippen LogP contribution in [0.2, 0.25) is 0 Å². The third-order valence-corrected chi connectivity index (χ3v) is 8.27. The molecule has 0 bridgehead atoms. The smallest absolute Gasteiger partial charge is 0.335 e. The Balaban J connectivity index is 1.71. The van der Waals surface area contributed by atoms with Crippen LogP contribution >= 0.6 is 0 Å². The minimum Gasteiger partial charge on any atom is -0.478 e. The van der Waals surface area contributed by atoms with E-state index in [1.165, 1.54) is 0 Å². The highest BCUT2D eigenvalue weighted by molar-refractivity contribution is 6.39. The first-order valence-corrected chi connectivity index (χ1v) is 13.2. The molecule has 6 heteroatoms. The van der Waals surface area contributed by atoms with Crippen LogP contribution in [0.5, 0.6) is 0 Å². The maximum Gasteiger partial charge on any atom is 0.335 e. The van der Waals surface area contributed by atoms with Gasteiger partial charge in [0.25, 0.3) is 5.91 Å². The molecule has 1 N–H and O–H groups in total. The van der Waals surface area contributed by atoms with Crippen molar-refractivity contribution in [3.05, 3.63) is 35.4 Å². The van der Waals surface area contributed by atoms with E-state index in [1.807, 2.05) is 12.1 Å². The summed E-state index contributed by atoms with van der Waals surface area (Å²) in [6, 6.07) is 7.05. The molecule has 0 unspecified atom stereocenters. The van der Waals surface area contributed by atoms with E-state index in [1.54, 1.807) is 12.1 Å². The molecule has 1 saturated carbocycles. The van der Waals surface area contributed by atoms with Gasteiger partial charge in [0.05, 0.1) is 11.6 Å². The number of carboxylic acid groups (broad SMARTS) is 1. The van der Waals surface area contributed by atoms with Crippen LogP contribution in [0.4, 0.5) is 0 Å². The molecule has 0 aromatic heterocycles. The predicted molar refractivity (Wildman–Crippen MR) is 135 cm³/mol. The SMILES string of the molecule is CCCC[C@H](c1ccc(C(=O)O)cc1)N1C(=O)C(N2CCCC2)=NC12CCC(C(C)(C)C)CC2. The van der Waals surface area contributed by atoms with E-state index < -0.39 is 11.6 Å². The number of unbranched alkanes of at least 4 members (excludes halogenated alkanes) is 1. The van der Waals surface area contributed by atoms with Crippen LogP contribution in [0.25, 0.3) is 0 Å². The number of carbonyl (C=O) groups excluding carboxylic acids is 1. The second kappa shape index (κ2) is 9.71. The minimum absolute atomic E-state index is 0.0690. The average Bonchev–Trinajstić information content (AvgIpc) is 3.42. The van der Waals surface area contributed by atoms with Crippen LogP contribution in [0.1, 0.15) is 107 Å². The second-order valence-corrected chi connectivity index (χ2v) is 11.5. The predicted octanol–water partition coefficient (Wildman–Crippen LogP) is 5.89. The molecule has 1 spiro atoms. The van der Waals surface area contributed by atoms with Gasteiger partial charge in [0.2, 0.25) is 0 Å². The summed E-state index contributed by atoms with van der Waals surface area (Å²) in [7, 11) is 0. The van der Waals surface area contributed by atoms with Gasteiger partial charge in [-0.1, -0.05) is 52.7 Å². The Morgan fingerprint density at radius 2 is 1.76 bits per heavy atom. The van der Waals surface area contributed by atoms with Crippen LogP contribution < -0.4 is 0 Å². The lowest BCUT2D eigenvalue weighted by atomic mass is 9.69. The molecule has 1 atom stereocenters. The maximum atomic E-state index is 14.1. The van der Waals surface area contributed by atoms with Crippen LogP contribution in [0, 0.1) is 11.3 Å². The van der Waals surface area contributed by atoms with Gasteiger partial charge in [0.15, 0.2) is 5.84 Å². The molecule has 186 valence electrons. The highest BCUT2D eigenvalue weighted by atomic mass is 16.4. The number of rotatable bonds is 6. The van der Waals surface area contributed by atoms with E-state index >= 15 is 0 Å². The zero-order chi connectivity index (χ0) is 24.5. The summed E-state index contributed by atoms with van der Waals surface area (Å²) in [6.45, 7) is 10.9. The van der Waals surface area contributed by atoms with Gasteiger partial charge in [-0.15, -0.1) is 0 Å². The third kappa shape index (κ3) is 4.73. The normalized spacial score (nSPS) is 26.3. The molecular weight excluding hydrogens is 426 g/mol. The van der Waals surface area contributed by atoms with Crippen molar-refractivity contribution < 1.29 is 14.7 Å². The number of hydrogen-bond donors (Lipinski definition) is 1. The summed E-state index contributed by atoms with van der Waals surface area (Å²) in [5, 5.41) is 9.37. The monoisotopic (exact) mass is 467 g/mol. The topological polar surface area (TPSA) is 73.2 Å². The summed E-state index contributed by atoms with van der Waals surface area (Å²) in [6.07, 6.45) is 9.08. The van der Waals surface area contributed by atoms with Crippen LogP contribution in [-0.2, 0) is 4.79 Å². The summed E-state index contributed by atoms with van der Waals surface area (Å²) >= 11 is 0. The molecular formula is C28H41N3O3. The Bertz CT molecular complexity index is 917. The Morgan fingerprint density at radius 1 is 1.15 bits per heavy atom. The number of aliphatic imine (C=N–C) groups is 1. The van der Waals surface area contributed by atoms with Crippen molar-refractivity contribution in [2.24, 2.45) is 16.3 Å². The van der Waals surface area contributed by atoms with Gasteiger partial charge in [-0.2, -0.15) is 0 Å². The van der Waals surface area contributed by atoms with E-state index in [0.717, 1.165) is 76.4 Å². The molecule has 34 heavy (non-hydrogen) atoms. The molecule has 6 nitrogen and oxygen atoms in total. The number of amides is 1. The molecule has 2 heterocycles. The standard InChI is InChI=1S/C28H41N3O3/c1-5-6-9-23(20-10-12-21(13-11-20)26(33)34)31-25(32)24(30-18-7-8-19-30)29-28(31)16-14-22(15-17-28)27(2,3)4/h10-13,22-23H,5-9,14-19H2,1-4H3,(H,33,34)/t22?,23-,28?/m1/s1. The number of nitrogens with zero attached hydrogens (tertiary/aromatic N) is 3. The lowest BCUT2D eigenvalue weighted by Gasteiger charge is -2.47. The van der Waals surface area contributed by atoms with Gasteiger partial charge >= 0.3 is 5.97 Å². The van der Waals surface area contributed by atoms with Crippen molar-refractivity contribution in [2.45, 2.75) is 97.2 Å². The molecule has 2 aliphatic heterocycles. The van der Waals surface area contributed by atoms with Crippen molar-refractivity contribution in [3.63, 3.8) is 0 Å². The first-order chi connectivity index (χ1) is 16.2. The van der Waals surface area contributed by atoms with E-state index in [-0.39, 0.29) is 22.9 Å². The van der Waals surface area contributed by atoms with Gasteiger partial charge in [0.1, 0.15) is 5.66 Å². The van der Waals surface area contributed by atoms with Crippen molar-refractivity contribution in [1.82, 2.24) is 9.80 Å². The first kappa shape index (κ1) is 24.7. The number of carboxylic acids is 1. The largest absolute Gasteiger partial charge is 0.478 e. The lowest BCUT2D eigenvalue weighted by molar-refractivity contribution is -0.134. The molecule has 1 saturated heterocycles. The Morgan fingerprint density at radius 3 is 2.29 bits per heavy atom. The Labute approximate surface area is 204 Å². The number of likely N-dealkylation sites (tertiary alicyclic amines) is 1. The van der Waals surface area contributed by atoms with Gasteiger partial charge < -0.3 is 14.9 Å². The van der Waals surface area contributed by atoms with Crippen molar-refractivity contribution in [1.29, 1.82) is 0 Å². The minimum atomic E-state index is -0.925. The van der Waals surface area contributed by atoms with Crippen molar-refractivity contribution >= 4 is 17.7 Å². The molecule has 2 fully saturated rings. The summed E-state index contributed by atoms with van der Waals surface area (Å²) < 4.78 is 0. The summed E-state index contributed by atoms with van der Waals surface area (Å²) in [5.74, 6) is 0.436. The van der Waals surface area contributed by atoms with Crippen LogP contribution in [0.3, 0.4) is 0 Å². The van der Waals surface area contributed by atoms with Crippen molar-refractivity contribution in [2.75, 3.05) is 13.1 Å². The second-order valence-electron chi connectivity index (χ2n) is 11.5. The quantitative estimate of drug-likeness (QED) is 0.566. The molecule has 1 aromatic rings. The molecule has 0 radical (unpaired) electrons. The number of benzene rings is 1. The Kier molecular flexibility index (Phi) is 7.07. The number of hydrogen-bond acceptors (Lipinski definition) is 4. The van der Waals surface area contributed by atoms with E-state index in [9.17, 15) is 14.7 Å². The van der Waals surface area contributed by atoms with Crippen LogP contribution in [0.15, 0.2) is 29.3 Å². The first-order valence-electron chi connectivity index (χ1n) is 13.2. The number of aromatic carboxylic acids is 1. The van der Waals surface area contributed by atoms with E-state index in [0.29, 0.717) is 11.8 Å². The van der Waals surface area contributed by atoms with Crippen LogP contribution in [-0.4, -0.2) is 51.4 Å². The Hall–Kier alpha value is -2.37. The average molecular weight is 468 g/mol. The van der Waals surface area contributed by atoms with Crippen molar-refractivity contribution in [3.8, 4) is 0 Å². The highest BCUT2D eigenvalue weighted by Gasteiger charge is 2.53. The maximum absolute atomic E-state index is 14.1. The zero-order valence-electron chi connectivity index (χ0n) is 21.3. The molecule has 1 amide bonds. The molecule has 4 rings (SSSR count). The fourth-order valence-electron chi connectivity index (χ4n) is 6.15. The van der Waals surface area contributed by atoms with Gasteiger partial charge in [-0.25, -0.2) is 9.79 Å². The number of amidine groups is 1. The number of carbonyl (C=O) groups is 2. The van der Waals surface area contributed by atoms with E-state index in [2.05, 4.69) is 37.5 Å². The van der Waals surface area contributed by atoms with Gasteiger partial charge in [0, 0.05) is 13.1 Å². The summed E-state index contributed by atoms with van der Waals surface area (Å²) in [5.41, 5.74) is 1.06. The fourth-order valence-corrected chi connectivity index (χ4v) is 6.15. The van der Waals surface area contributed by atoms with Gasteiger partial charge in [-0.3, -0.25) is 4.79 Å². The molecule has 1 aliphatic carbocycles. The highest BCUT2D eigenvalue weighted by Crippen LogP contribution is 2.49. The molecule has 1 aromatic carbocycles. The van der Waals surface area contributed by atoms with E-state index in [4.69, 9.17) is 4.99 Å². The fraction of sp³-hybridized carbons (Fsp3) is 0.679. The van der Waals surface area contributed by atoms with Gasteiger partial charge in [-0.05, 0) is 74.0 Å². The third-order valence-electron chi connectivity index (χ3n) is 8.27. The zero-order valence-corrected chi connectivity index (χ0v) is 21.3. The summed E-state index contributed by atoms with van der Waals surface area (Å²) in [4.78, 5) is 35.1. The lowest BCUT2D eigenvalue weighted by Crippen LogP contribution is -2.52. The molecule has 3 aliphatic rings.